The van der Waals surface area contributed by atoms with Gasteiger partial charge in [-0.15, -0.1) is 0 Å². The van der Waals surface area contributed by atoms with Crippen LogP contribution in [0.1, 0.15) is 181 Å². The number of hydrogen-bond donors (Lipinski definition) is 0. The average Bonchev–Trinajstić information content (AvgIpc) is 2.81. The van der Waals surface area contributed by atoms with Crippen molar-refractivity contribution in [1.82, 2.24) is 0 Å². The first-order chi connectivity index (χ1) is 16.6. The zero-order chi connectivity index (χ0) is 25.1. The number of unbranched alkanes of at least 4 members (excludes halogenated alkanes) is 18. The molecule has 0 rings (SSSR count). The Morgan fingerprint density at radius 3 is 0.971 bits per heavy atom. The summed E-state index contributed by atoms with van der Waals surface area (Å²) in [5.41, 5.74) is 0. The lowest BCUT2D eigenvalue weighted by Crippen LogP contribution is -2.08. The van der Waals surface area contributed by atoms with E-state index >= 15 is 0 Å². The molecule has 0 aromatic carbocycles. The van der Waals surface area contributed by atoms with E-state index in [1.165, 1.54) is 103 Å². The topological polar surface area (TPSA) is 51.2 Å². The van der Waals surface area contributed by atoms with Crippen molar-refractivity contribution in [2.45, 2.75) is 181 Å². The van der Waals surface area contributed by atoms with Crippen LogP contribution in [0.5, 0.6) is 0 Å². The van der Waals surface area contributed by atoms with E-state index in [2.05, 4.69) is 13.8 Å². The van der Waals surface area contributed by atoms with Crippen molar-refractivity contribution < 1.29 is 14.4 Å². The maximum absolute atomic E-state index is 12.0. The molecule has 0 aromatic heterocycles. The molecule has 0 spiro atoms. The monoisotopic (exact) mass is 478 g/mol. The molecule has 0 aliphatic heterocycles. The van der Waals surface area contributed by atoms with Gasteiger partial charge in [0.05, 0.1) is 6.42 Å². The van der Waals surface area contributed by atoms with Crippen LogP contribution in [0.15, 0.2) is 0 Å². The van der Waals surface area contributed by atoms with E-state index in [0.717, 1.165) is 25.7 Å². The van der Waals surface area contributed by atoms with E-state index in [9.17, 15) is 14.4 Å². The van der Waals surface area contributed by atoms with Crippen molar-refractivity contribution in [2.75, 3.05) is 0 Å². The Hall–Kier alpha value is -0.990. The van der Waals surface area contributed by atoms with Gasteiger partial charge in [-0.05, 0) is 19.3 Å². The number of ketones is 3. The zero-order valence-corrected chi connectivity index (χ0v) is 23.1. The van der Waals surface area contributed by atoms with Gasteiger partial charge in [-0.3, -0.25) is 14.4 Å². The summed E-state index contributed by atoms with van der Waals surface area (Å²) >= 11 is 0. The highest BCUT2D eigenvalue weighted by atomic mass is 16.1. The third-order valence-corrected chi connectivity index (χ3v) is 6.92. The molecule has 0 saturated carbocycles. The van der Waals surface area contributed by atoms with E-state index in [-0.39, 0.29) is 23.8 Å². The number of rotatable bonds is 28. The second kappa shape index (κ2) is 26.6. The number of Topliss-reactive ketones (excluding diaryl/α,β-unsaturated/α-hetero) is 3. The molecule has 3 nitrogen and oxygen atoms in total. The minimum absolute atomic E-state index is 0.0171. The molecule has 0 radical (unpaired) electrons. The summed E-state index contributed by atoms with van der Waals surface area (Å²) in [6.07, 6.45) is 28.1. The molecule has 0 amide bonds. The molecule has 0 bridgehead atoms. The van der Waals surface area contributed by atoms with Crippen molar-refractivity contribution in [2.24, 2.45) is 0 Å². The van der Waals surface area contributed by atoms with Gasteiger partial charge >= 0.3 is 0 Å². The SMILES string of the molecule is CCCCCCCCCCCCCCCC(=O)CC(=O)CCCC(=O)CCCCCCCCC. The molecule has 3 heteroatoms. The highest BCUT2D eigenvalue weighted by Gasteiger charge is 2.10. The summed E-state index contributed by atoms with van der Waals surface area (Å²) in [5.74, 6) is 0.380. The van der Waals surface area contributed by atoms with E-state index < -0.39 is 0 Å². The molecule has 34 heavy (non-hydrogen) atoms. The Morgan fingerprint density at radius 1 is 0.324 bits per heavy atom. The Labute approximate surface area is 212 Å². The van der Waals surface area contributed by atoms with Crippen LogP contribution in [-0.2, 0) is 14.4 Å². The van der Waals surface area contributed by atoms with Crippen molar-refractivity contribution in [3.05, 3.63) is 0 Å². The van der Waals surface area contributed by atoms with E-state index in [0.29, 0.717) is 32.1 Å². The van der Waals surface area contributed by atoms with E-state index in [1.54, 1.807) is 0 Å². The van der Waals surface area contributed by atoms with Gasteiger partial charge < -0.3 is 0 Å². The summed E-state index contributed by atoms with van der Waals surface area (Å²) in [7, 11) is 0. The second-order valence-electron chi connectivity index (χ2n) is 10.5. The minimum atomic E-state index is 0.0171. The van der Waals surface area contributed by atoms with Crippen molar-refractivity contribution in [3.8, 4) is 0 Å². The maximum atomic E-state index is 12.0. The van der Waals surface area contributed by atoms with Crippen LogP contribution < -0.4 is 0 Å². The van der Waals surface area contributed by atoms with Crippen LogP contribution >= 0.6 is 0 Å². The fraction of sp³-hybridized carbons (Fsp3) is 0.903. The summed E-state index contributed by atoms with van der Waals surface area (Å²) in [6.45, 7) is 4.49. The second-order valence-corrected chi connectivity index (χ2v) is 10.5. The zero-order valence-electron chi connectivity index (χ0n) is 23.1. The molecule has 0 N–H and O–H groups in total. The van der Waals surface area contributed by atoms with Crippen LogP contribution in [-0.4, -0.2) is 17.3 Å². The Balaban J connectivity index is 3.42. The van der Waals surface area contributed by atoms with Crippen LogP contribution in [0.4, 0.5) is 0 Å². The predicted molar refractivity (Wildman–Crippen MR) is 146 cm³/mol. The summed E-state index contributed by atoms with van der Waals surface area (Å²) < 4.78 is 0. The Morgan fingerprint density at radius 2 is 0.588 bits per heavy atom. The molecule has 0 aliphatic carbocycles. The van der Waals surface area contributed by atoms with Gasteiger partial charge in [-0.2, -0.15) is 0 Å². The molecular weight excluding hydrogens is 420 g/mol. The maximum Gasteiger partial charge on any atom is 0.140 e. The van der Waals surface area contributed by atoms with E-state index in [1.807, 2.05) is 0 Å². The standard InChI is InChI=1S/C31H58O3/c1-3-5-7-9-11-12-13-14-15-16-18-20-22-25-30(33)28-31(34)27-23-26-29(32)24-21-19-17-10-8-6-4-2/h3-28H2,1-2H3. The van der Waals surface area contributed by atoms with Crippen LogP contribution in [0.25, 0.3) is 0 Å². The molecule has 0 aliphatic rings. The van der Waals surface area contributed by atoms with Gasteiger partial charge in [0.1, 0.15) is 17.3 Å². The Kier molecular flexibility index (Phi) is 25.8. The molecule has 0 aromatic rings. The quantitative estimate of drug-likeness (QED) is 0.0830. The minimum Gasteiger partial charge on any atom is -0.300 e. The normalized spacial score (nSPS) is 11.1. The number of carbonyl (C=O) groups is 3. The van der Waals surface area contributed by atoms with Gasteiger partial charge in [0.15, 0.2) is 0 Å². The molecule has 0 unspecified atom stereocenters. The van der Waals surface area contributed by atoms with Crippen molar-refractivity contribution >= 4 is 17.3 Å². The van der Waals surface area contributed by atoms with Gasteiger partial charge in [-0.25, -0.2) is 0 Å². The average molecular weight is 479 g/mol. The number of carbonyl (C=O) groups excluding carboxylic acids is 3. The van der Waals surface area contributed by atoms with Gasteiger partial charge in [0.2, 0.25) is 0 Å². The fourth-order valence-electron chi connectivity index (χ4n) is 4.62. The summed E-state index contributed by atoms with van der Waals surface area (Å²) in [4.78, 5) is 36.0. The first-order valence-corrected chi connectivity index (χ1v) is 15.1. The van der Waals surface area contributed by atoms with Crippen LogP contribution in [0.2, 0.25) is 0 Å². The van der Waals surface area contributed by atoms with Crippen molar-refractivity contribution in [3.63, 3.8) is 0 Å². The summed E-state index contributed by atoms with van der Waals surface area (Å²) in [5, 5.41) is 0. The molecule has 0 saturated heterocycles. The van der Waals surface area contributed by atoms with Crippen LogP contribution in [0, 0.1) is 0 Å². The highest BCUT2D eigenvalue weighted by Crippen LogP contribution is 2.14. The predicted octanol–water partition coefficient (Wildman–Crippen LogP) is 9.88. The largest absolute Gasteiger partial charge is 0.300 e. The highest BCUT2D eigenvalue weighted by molar-refractivity contribution is 5.99. The molecule has 0 heterocycles. The van der Waals surface area contributed by atoms with Crippen molar-refractivity contribution in [1.29, 1.82) is 0 Å². The molecule has 0 atom stereocenters. The Bertz CT molecular complexity index is 483. The van der Waals surface area contributed by atoms with Gasteiger partial charge in [0.25, 0.3) is 0 Å². The lowest BCUT2D eigenvalue weighted by Gasteiger charge is -2.04. The fourth-order valence-corrected chi connectivity index (χ4v) is 4.62. The third-order valence-electron chi connectivity index (χ3n) is 6.92. The van der Waals surface area contributed by atoms with Crippen LogP contribution in [0.3, 0.4) is 0 Å². The molecule has 200 valence electrons. The molecular formula is C31H58O3. The smallest absolute Gasteiger partial charge is 0.140 e. The van der Waals surface area contributed by atoms with E-state index in [4.69, 9.17) is 0 Å². The number of hydrogen-bond acceptors (Lipinski definition) is 3. The summed E-state index contributed by atoms with van der Waals surface area (Å²) in [6, 6.07) is 0. The van der Waals surface area contributed by atoms with Gasteiger partial charge in [0, 0.05) is 25.7 Å². The third kappa shape index (κ3) is 25.6. The lowest BCUT2D eigenvalue weighted by molar-refractivity contribution is -0.127. The lowest BCUT2D eigenvalue weighted by atomic mass is 10.0. The van der Waals surface area contributed by atoms with Gasteiger partial charge in [-0.1, -0.05) is 129 Å². The first kappa shape index (κ1) is 33.0. The first-order valence-electron chi connectivity index (χ1n) is 15.1. The molecule has 0 fully saturated rings.